The summed E-state index contributed by atoms with van der Waals surface area (Å²) in [5.74, 6) is -0.603. The molecule has 0 unspecified atom stereocenters. The first-order valence-corrected chi connectivity index (χ1v) is 10.9. The Morgan fingerprint density at radius 2 is 1.90 bits per heavy atom. The maximum absolute atomic E-state index is 13.1. The van der Waals surface area contributed by atoms with Gasteiger partial charge in [-0.2, -0.15) is 9.40 Å². The van der Waals surface area contributed by atoms with Crippen molar-refractivity contribution in [2.75, 3.05) is 26.2 Å². The van der Waals surface area contributed by atoms with Gasteiger partial charge in [0.25, 0.3) is 15.9 Å². The van der Waals surface area contributed by atoms with Crippen LogP contribution in [-0.4, -0.2) is 69.5 Å². The molecule has 1 fully saturated rings. The standard InChI is InChI=1S/C19H21FN6O3S/c1-24-12-18(21-13-24)30(28,29)26-8-2-7-25(9-10-26)19(27)17-11-16(22-23-17)14-3-5-15(20)6-4-14/h3-6,11-13H,2,7-10H2,1H3,(H,22,23). The highest BCUT2D eigenvalue weighted by atomic mass is 32.2. The normalized spacial score (nSPS) is 15.9. The molecule has 9 nitrogen and oxygen atoms in total. The fourth-order valence-electron chi connectivity index (χ4n) is 3.36. The fraction of sp³-hybridized carbons (Fsp3) is 0.316. The van der Waals surface area contributed by atoms with Gasteiger partial charge in [-0.05, 0) is 36.8 Å². The second-order valence-electron chi connectivity index (χ2n) is 7.10. The van der Waals surface area contributed by atoms with Crippen LogP contribution < -0.4 is 0 Å². The van der Waals surface area contributed by atoms with Crippen molar-refractivity contribution in [2.24, 2.45) is 7.05 Å². The van der Waals surface area contributed by atoms with Gasteiger partial charge in [0.05, 0.1) is 12.0 Å². The quantitative estimate of drug-likeness (QED) is 0.673. The third-order valence-electron chi connectivity index (χ3n) is 4.98. The van der Waals surface area contributed by atoms with E-state index in [-0.39, 0.29) is 29.8 Å². The molecule has 0 radical (unpaired) electrons. The van der Waals surface area contributed by atoms with E-state index >= 15 is 0 Å². The number of carbonyl (C=O) groups excluding carboxylic acids is 1. The topological polar surface area (TPSA) is 104 Å². The van der Waals surface area contributed by atoms with Crippen molar-refractivity contribution in [3.05, 3.63) is 54.4 Å². The summed E-state index contributed by atoms with van der Waals surface area (Å²) in [6.45, 7) is 1.18. The van der Waals surface area contributed by atoms with E-state index in [9.17, 15) is 17.6 Å². The molecule has 3 aromatic rings. The van der Waals surface area contributed by atoms with Crippen LogP contribution in [0.2, 0.25) is 0 Å². The van der Waals surface area contributed by atoms with E-state index in [2.05, 4.69) is 15.2 Å². The predicted octanol–water partition coefficient (Wildman–Crippen LogP) is 1.49. The maximum atomic E-state index is 13.1. The Labute approximate surface area is 173 Å². The van der Waals surface area contributed by atoms with E-state index in [0.717, 1.165) is 0 Å². The van der Waals surface area contributed by atoms with Crippen LogP contribution in [0.5, 0.6) is 0 Å². The van der Waals surface area contributed by atoms with Crippen molar-refractivity contribution in [2.45, 2.75) is 11.4 Å². The number of amides is 1. The molecular formula is C19H21FN6O3S. The number of aromatic nitrogens is 4. The summed E-state index contributed by atoms with van der Waals surface area (Å²) in [6, 6.07) is 7.45. The molecule has 0 atom stereocenters. The highest BCUT2D eigenvalue weighted by Crippen LogP contribution is 2.20. The number of H-pyrrole nitrogens is 1. The van der Waals surface area contributed by atoms with Gasteiger partial charge in [-0.15, -0.1) is 0 Å². The van der Waals surface area contributed by atoms with Gasteiger partial charge in [0.1, 0.15) is 11.5 Å². The van der Waals surface area contributed by atoms with Crippen molar-refractivity contribution in [3.63, 3.8) is 0 Å². The molecule has 30 heavy (non-hydrogen) atoms. The van der Waals surface area contributed by atoms with E-state index in [0.29, 0.717) is 36.5 Å². The Balaban J connectivity index is 1.46. The number of hydrogen-bond acceptors (Lipinski definition) is 5. The van der Waals surface area contributed by atoms with Crippen LogP contribution in [0.25, 0.3) is 11.3 Å². The fourth-order valence-corrected chi connectivity index (χ4v) is 4.80. The second kappa shape index (κ2) is 8.00. The molecule has 0 spiro atoms. The van der Waals surface area contributed by atoms with Gasteiger partial charge in [-0.3, -0.25) is 9.89 Å². The number of nitrogens with zero attached hydrogens (tertiary/aromatic N) is 5. The van der Waals surface area contributed by atoms with Crippen molar-refractivity contribution in [1.29, 1.82) is 0 Å². The molecular weight excluding hydrogens is 411 g/mol. The number of halogens is 1. The average Bonchev–Trinajstić information content (AvgIpc) is 3.31. The molecule has 1 aliphatic rings. The number of carbonyl (C=O) groups is 1. The largest absolute Gasteiger partial charge is 0.339 e. The van der Waals surface area contributed by atoms with Crippen LogP contribution in [0.3, 0.4) is 0 Å². The van der Waals surface area contributed by atoms with E-state index in [1.165, 1.54) is 29.0 Å². The van der Waals surface area contributed by atoms with Crippen LogP contribution in [0.15, 0.2) is 47.9 Å². The summed E-state index contributed by atoms with van der Waals surface area (Å²) in [7, 11) is -1.99. The lowest BCUT2D eigenvalue weighted by Crippen LogP contribution is -2.37. The minimum Gasteiger partial charge on any atom is -0.339 e. The summed E-state index contributed by atoms with van der Waals surface area (Å²) in [6.07, 6.45) is 3.42. The van der Waals surface area contributed by atoms with Crippen LogP contribution in [0.4, 0.5) is 4.39 Å². The van der Waals surface area contributed by atoms with Crippen molar-refractivity contribution in [3.8, 4) is 11.3 Å². The number of benzene rings is 1. The number of nitrogens with one attached hydrogen (secondary N) is 1. The second-order valence-corrected chi connectivity index (χ2v) is 8.99. The van der Waals surface area contributed by atoms with Crippen molar-refractivity contribution >= 4 is 15.9 Å². The molecule has 1 aromatic carbocycles. The van der Waals surface area contributed by atoms with Crippen LogP contribution in [-0.2, 0) is 17.1 Å². The van der Waals surface area contributed by atoms with Gasteiger partial charge >= 0.3 is 0 Å². The van der Waals surface area contributed by atoms with Crippen LogP contribution in [0, 0.1) is 5.82 Å². The van der Waals surface area contributed by atoms with E-state index in [4.69, 9.17) is 0 Å². The third-order valence-corrected chi connectivity index (χ3v) is 6.76. The summed E-state index contributed by atoms with van der Waals surface area (Å²) in [5.41, 5.74) is 1.53. The molecule has 0 aliphatic carbocycles. The Morgan fingerprint density at radius 3 is 2.60 bits per heavy atom. The minimum atomic E-state index is -3.70. The molecule has 0 bridgehead atoms. The maximum Gasteiger partial charge on any atom is 0.271 e. The van der Waals surface area contributed by atoms with Gasteiger partial charge in [-0.1, -0.05) is 0 Å². The molecule has 0 saturated carbocycles. The molecule has 1 aliphatic heterocycles. The average molecular weight is 432 g/mol. The highest BCUT2D eigenvalue weighted by Gasteiger charge is 2.30. The van der Waals surface area contributed by atoms with Crippen molar-refractivity contribution < 1.29 is 17.6 Å². The minimum absolute atomic E-state index is 0.00211. The zero-order valence-electron chi connectivity index (χ0n) is 16.3. The Bertz CT molecular complexity index is 1160. The summed E-state index contributed by atoms with van der Waals surface area (Å²) in [5, 5.41) is 6.87. The first-order valence-electron chi connectivity index (χ1n) is 9.43. The molecule has 1 amide bonds. The lowest BCUT2D eigenvalue weighted by atomic mass is 10.1. The molecule has 1 saturated heterocycles. The third kappa shape index (κ3) is 3.98. The van der Waals surface area contributed by atoms with Gasteiger partial charge in [-0.25, -0.2) is 17.8 Å². The van der Waals surface area contributed by atoms with Crippen LogP contribution >= 0.6 is 0 Å². The van der Waals surface area contributed by atoms with E-state index < -0.39 is 10.0 Å². The summed E-state index contributed by atoms with van der Waals surface area (Å²) in [4.78, 5) is 18.4. The van der Waals surface area contributed by atoms with Gasteiger partial charge in [0, 0.05) is 45.0 Å². The lowest BCUT2D eigenvalue weighted by molar-refractivity contribution is 0.0758. The molecule has 158 valence electrons. The van der Waals surface area contributed by atoms with Crippen molar-refractivity contribution in [1.82, 2.24) is 29.0 Å². The number of imidazole rings is 1. The zero-order valence-corrected chi connectivity index (χ0v) is 17.1. The highest BCUT2D eigenvalue weighted by molar-refractivity contribution is 7.89. The van der Waals surface area contributed by atoms with Gasteiger partial charge in [0.15, 0.2) is 5.03 Å². The predicted molar refractivity (Wildman–Crippen MR) is 106 cm³/mol. The monoisotopic (exact) mass is 432 g/mol. The summed E-state index contributed by atoms with van der Waals surface area (Å²) < 4.78 is 41.6. The number of sulfonamides is 1. The molecule has 11 heteroatoms. The first kappa shape index (κ1) is 20.2. The Morgan fingerprint density at radius 1 is 1.13 bits per heavy atom. The molecule has 4 rings (SSSR count). The number of aromatic amines is 1. The SMILES string of the molecule is Cn1cnc(S(=O)(=O)N2CCCN(C(=O)c3cc(-c4ccc(F)cc4)n[nH]3)CC2)c1. The number of hydrogen-bond donors (Lipinski definition) is 1. The van der Waals surface area contributed by atoms with Crippen LogP contribution in [0.1, 0.15) is 16.9 Å². The molecule has 2 aromatic heterocycles. The van der Waals surface area contributed by atoms with E-state index in [1.54, 1.807) is 34.7 Å². The Hall–Kier alpha value is -3.05. The number of rotatable bonds is 4. The smallest absolute Gasteiger partial charge is 0.271 e. The zero-order chi connectivity index (χ0) is 21.3. The molecule has 1 N–H and O–H groups in total. The van der Waals surface area contributed by atoms with Gasteiger partial charge < -0.3 is 9.47 Å². The first-order chi connectivity index (χ1) is 14.3. The van der Waals surface area contributed by atoms with E-state index in [1.807, 2.05) is 0 Å². The Kier molecular flexibility index (Phi) is 5.39. The molecule has 3 heterocycles. The van der Waals surface area contributed by atoms with Gasteiger partial charge in [0.2, 0.25) is 0 Å². The number of aryl methyl sites for hydroxylation is 1. The summed E-state index contributed by atoms with van der Waals surface area (Å²) >= 11 is 0. The lowest BCUT2D eigenvalue weighted by Gasteiger charge is -2.20.